The molecule has 0 spiro atoms. The van der Waals surface area contributed by atoms with Crippen molar-refractivity contribution in [1.29, 1.82) is 0 Å². The Balaban J connectivity index is 2.65. The van der Waals surface area contributed by atoms with Gasteiger partial charge in [0.2, 0.25) is 5.82 Å². The molecule has 0 aliphatic rings. The first-order valence-electron chi connectivity index (χ1n) is 5.00. The Morgan fingerprint density at radius 3 is 2.88 bits per heavy atom. The normalized spacial score (nSPS) is 11.9. The lowest BCUT2D eigenvalue weighted by atomic mass is 10.3. The molecule has 92 valence electrons. The van der Waals surface area contributed by atoms with E-state index < -0.39 is 11.6 Å². The molecular formula is C12H12BrF2NO. The Morgan fingerprint density at radius 2 is 2.24 bits per heavy atom. The third kappa shape index (κ3) is 4.33. The number of hydrogen-bond donors (Lipinski definition) is 1. The van der Waals surface area contributed by atoms with E-state index in [1.807, 2.05) is 0 Å². The molecule has 0 fully saturated rings. The monoisotopic (exact) mass is 303 g/mol. The number of ether oxygens (including phenoxy) is 1. The highest BCUT2D eigenvalue weighted by atomic mass is 79.9. The van der Waals surface area contributed by atoms with Crippen LogP contribution in [0.5, 0.6) is 5.75 Å². The molecule has 1 atom stereocenters. The Morgan fingerprint density at radius 1 is 1.53 bits per heavy atom. The molecule has 0 bridgehead atoms. The van der Waals surface area contributed by atoms with E-state index >= 15 is 0 Å². The highest BCUT2D eigenvalue weighted by Crippen LogP contribution is 2.25. The summed E-state index contributed by atoms with van der Waals surface area (Å²) < 4.78 is 32.1. The quantitative estimate of drug-likeness (QED) is 0.513. The molecule has 0 heterocycles. The fraction of sp³-hybridized carbons (Fsp3) is 0.333. The van der Waals surface area contributed by atoms with E-state index in [0.29, 0.717) is 17.6 Å². The minimum Gasteiger partial charge on any atom is -0.486 e. The zero-order valence-electron chi connectivity index (χ0n) is 9.27. The molecule has 0 amide bonds. The van der Waals surface area contributed by atoms with E-state index in [1.54, 1.807) is 6.92 Å². The van der Waals surface area contributed by atoms with Gasteiger partial charge in [-0.3, -0.25) is 0 Å². The average molecular weight is 304 g/mol. The van der Waals surface area contributed by atoms with Gasteiger partial charge in [0, 0.05) is 11.0 Å². The van der Waals surface area contributed by atoms with Crippen LogP contribution in [0.4, 0.5) is 8.78 Å². The molecule has 1 unspecified atom stereocenters. The lowest BCUT2D eigenvalue weighted by molar-refractivity contribution is 0.207. The van der Waals surface area contributed by atoms with Crippen molar-refractivity contribution in [3.8, 4) is 18.1 Å². The summed E-state index contributed by atoms with van der Waals surface area (Å²) in [6.07, 6.45) is 4.75. The van der Waals surface area contributed by atoms with Crippen molar-refractivity contribution in [2.45, 2.75) is 13.0 Å². The second-order valence-electron chi connectivity index (χ2n) is 3.46. The third-order valence-corrected chi connectivity index (χ3v) is 2.40. The maximum atomic E-state index is 13.4. The maximum absolute atomic E-state index is 13.4. The Bertz CT molecular complexity index is 431. The molecule has 0 radical (unpaired) electrons. The van der Waals surface area contributed by atoms with E-state index in [-0.39, 0.29) is 11.9 Å². The molecule has 0 saturated carbocycles. The van der Waals surface area contributed by atoms with E-state index in [9.17, 15) is 8.78 Å². The summed E-state index contributed by atoms with van der Waals surface area (Å²) in [6, 6.07) is 2.43. The fourth-order valence-corrected chi connectivity index (χ4v) is 1.63. The zero-order chi connectivity index (χ0) is 12.8. The molecule has 5 heteroatoms. The van der Waals surface area contributed by atoms with E-state index in [4.69, 9.17) is 11.2 Å². The minimum atomic E-state index is -0.989. The molecule has 17 heavy (non-hydrogen) atoms. The molecule has 2 nitrogen and oxygen atoms in total. The summed E-state index contributed by atoms with van der Waals surface area (Å²) in [5.41, 5.74) is 0. The predicted molar refractivity (Wildman–Crippen MR) is 65.9 cm³/mol. The Hall–Kier alpha value is -1.12. The lowest BCUT2D eigenvalue weighted by Gasteiger charge is -2.15. The summed E-state index contributed by atoms with van der Waals surface area (Å²) in [7, 11) is 0. The van der Waals surface area contributed by atoms with Crippen molar-refractivity contribution < 1.29 is 13.5 Å². The summed E-state index contributed by atoms with van der Waals surface area (Å²) in [5.74, 6) is 0.355. The maximum Gasteiger partial charge on any atom is 0.200 e. The van der Waals surface area contributed by atoms with Crippen LogP contribution in [-0.2, 0) is 0 Å². The van der Waals surface area contributed by atoms with Crippen molar-refractivity contribution >= 4 is 15.9 Å². The second kappa shape index (κ2) is 6.58. The van der Waals surface area contributed by atoms with Crippen molar-refractivity contribution in [2.24, 2.45) is 0 Å². The average Bonchev–Trinajstić information content (AvgIpc) is 2.25. The van der Waals surface area contributed by atoms with Crippen LogP contribution in [0, 0.1) is 24.0 Å². The summed E-state index contributed by atoms with van der Waals surface area (Å²) in [4.78, 5) is 0. The fourth-order valence-electron chi connectivity index (χ4n) is 1.22. The van der Waals surface area contributed by atoms with E-state index in [0.717, 1.165) is 6.07 Å². The van der Waals surface area contributed by atoms with Gasteiger partial charge in [0.15, 0.2) is 11.6 Å². The van der Waals surface area contributed by atoms with Gasteiger partial charge in [-0.15, -0.1) is 6.42 Å². The van der Waals surface area contributed by atoms with Gasteiger partial charge >= 0.3 is 0 Å². The number of halogens is 3. The molecule has 1 aromatic carbocycles. The smallest absolute Gasteiger partial charge is 0.200 e. The summed E-state index contributed by atoms with van der Waals surface area (Å²) in [5, 5.41) is 2.91. The highest BCUT2D eigenvalue weighted by molar-refractivity contribution is 9.10. The lowest BCUT2D eigenvalue weighted by Crippen LogP contribution is -2.29. The third-order valence-electron chi connectivity index (χ3n) is 1.95. The van der Waals surface area contributed by atoms with Gasteiger partial charge in [0.1, 0.15) is 6.10 Å². The molecule has 0 aromatic heterocycles. The van der Waals surface area contributed by atoms with Crippen LogP contribution in [-0.4, -0.2) is 19.2 Å². The topological polar surface area (TPSA) is 21.3 Å². The van der Waals surface area contributed by atoms with Crippen LogP contribution >= 0.6 is 15.9 Å². The molecule has 1 rings (SSSR count). The molecule has 0 aliphatic heterocycles. The summed E-state index contributed by atoms with van der Waals surface area (Å²) >= 11 is 3.07. The first-order valence-corrected chi connectivity index (χ1v) is 5.79. The molecule has 1 N–H and O–H groups in total. The SMILES string of the molecule is C#CCNCC(C)Oc1cc(Br)cc(F)c1F. The number of hydrogen-bond acceptors (Lipinski definition) is 2. The molecule has 0 aliphatic carbocycles. The molecule has 0 saturated heterocycles. The van der Waals surface area contributed by atoms with Crippen LogP contribution in [0.3, 0.4) is 0 Å². The van der Waals surface area contributed by atoms with Gasteiger partial charge in [-0.1, -0.05) is 21.9 Å². The van der Waals surface area contributed by atoms with Gasteiger partial charge in [-0.25, -0.2) is 4.39 Å². The Kier molecular flexibility index (Phi) is 5.39. The van der Waals surface area contributed by atoms with Crippen LogP contribution in [0.25, 0.3) is 0 Å². The molecular weight excluding hydrogens is 292 g/mol. The van der Waals surface area contributed by atoms with Gasteiger partial charge in [0.25, 0.3) is 0 Å². The number of rotatable bonds is 5. The summed E-state index contributed by atoms with van der Waals surface area (Å²) in [6.45, 7) is 2.60. The van der Waals surface area contributed by atoms with Crippen molar-refractivity contribution in [3.63, 3.8) is 0 Å². The van der Waals surface area contributed by atoms with Crippen molar-refractivity contribution in [2.75, 3.05) is 13.1 Å². The van der Waals surface area contributed by atoms with Crippen molar-refractivity contribution in [1.82, 2.24) is 5.32 Å². The second-order valence-corrected chi connectivity index (χ2v) is 4.38. The van der Waals surface area contributed by atoms with Crippen LogP contribution in [0.15, 0.2) is 16.6 Å². The predicted octanol–water partition coefficient (Wildman–Crippen LogP) is 2.72. The van der Waals surface area contributed by atoms with Crippen molar-refractivity contribution in [3.05, 3.63) is 28.2 Å². The van der Waals surface area contributed by atoms with Gasteiger partial charge in [0.05, 0.1) is 6.54 Å². The number of nitrogens with one attached hydrogen (secondary N) is 1. The van der Waals surface area contributed by atoms with Gasteiger partial charge in [-0.05, 0) is 19.1 Å². The van der Waals surface area contributed by atoms with Crippen LogP contribution in [0.1, 0.15) is 6.92 Å². The Labute approximate surface area is 107 Å². The van der Waals surface area contributed by atoms with Gasteiger partial charge in [-0.2, -0.15) is 4.39 Å². The first-order chi connectivity index (χ1) is 8.04. The first kappa shape index (κ1) is 13.9. The van der Waals surface area contributed by atoms with Crippen LogP contribution < -0.4 is 10.1 Å². The number of benzene rings is 1. The zero-order valence-corrected chi connectivity index (χ0v) is 10.9. The van der Waals surface area contributed by atoms with Crippen LogP contribution in [0.2, 0.25) is 0 Å². The largest absolute Gasteiger partial charge is 0.486 e. The van der Waals surface area contributed by atoms with E-state index in [1.165, 1.54) is 6.07 Å². The highest BCUT2D eigenvalue weighted by Gasteiger charge is 2.13. The van der Waals surface area contributed by atoms with E-state index in [2.05, 4.69) is 27.2 Å². The standard InChI is InChI=1S/C12H12BrF2NO/c1-3-4-16-7-8(2)17-11-6-9(13)5-10(14)12(11)15/h1,5-6,8,16H,4,7H2,2H3. The minimum absolute atomic E-state index is 0.119. The molecule has 1 aromatic rings. The number of terminal acetylenes is 1. The van der Waals surface area contributed by atoms with Gasteiger partial charge < -0.3 is 10.1 Å².